The van der Waals surface area contributed by atoms with E-state index in [9.17, 15) is 9.18 Å². The normalized spacial score (nSPS) is 10.2. The van der Waals surface area contributed by atoms with Crippen LogP contribution in [0.3, 0.4) is 0 Å². The minimum atomic E-state index is -0.536. The molecule has 110 valence electrons. The summed E-state index contributed by atoms with van der Waals surface area (Å²) in [6.45, 7) is 1.94. The van der Waals surface area contributed by atoms with Crippen molar-refractivity contribution in [2.24, 2.45) is 0 Å². The number of benzene rings is 2. The molecule has 0 atom stereocenters. The van der Waals surface area contributed by atoms with Crippen molar-refractivity contribution in [2.75, 3.05) is 12.3 Å². The van der Waals surface area contributed by atoms with Crippen molar-refractivity contribution in [1.82, 2.24) is 0 Å². The molecule has 0 aromatic heterocycles. The van der Waals surface area contributed by atoms with Gasteiger partial charge in [0.05, 0.1) is 17.2 Å². The van der Waals surface area contributed by atoms with Gasteiger partial charge in [0.2, 0.25) is 0 Å². The minimum Gasteiger partial charge on any atom is -0.462 e. The third-order valence-electron chi connectivity index (χ3n) is 2.64. The molecule has 4 nitrogen and oxygen atoms in total. The fourth-order valence-electron chi connectivity index (χ4n) is 1.67. The van der Waals surface area contributed by atoms with Gasteiger partial charge >= 0.3 is 5.97 Å². The molecule has 2 rings (SSSR count). The first-order valence-electron chi connectivity index (χ1n) is 6.20. The van der Waals surface area contributed by atoms with Crippen molar-refractivity contribution >= 4 is 23.3 Å². The molecule has 0 unspecified atom stereocenters. The van der Waals surface area contributed by atoms with Gasteiger partial charge < -0.3 is 15.2 Å². The van der Waals surface area contributed by atoms with E-state index in [0.29, 0.717) is 5.75 Å². The molecule has 0 amide bonds. The van der Waals surface area contributed by atoms with E-state index in [-0.39, 0.29) is 28.6 Å². The van der Waals surface area contributed by atoms with Crippen molar-refractivity contribution in [1.29, 1.82) is 0 Å². The zero-order valence-electron chi connectivity index (χ0n) is 11.2. The number of nitrogen functional groups attached to an aromatic ring is 1. The second kappa shape index (κ2) is 6.45. The second-order valence-electron chi connectivity index (χ2n) is 4.15. The highest BCUT2D eigenvalue weighted by molar-refractivity contribution is 6.32. The molecule has 0 saturated carbocycles. The molecule has 2 aromatic carbocycles. The van der Waals surface area contributed by atoms with Crippen LogP contribution in [-0.2, 0) is 4.74 Å². The Hall–Kier alpha value is -2.27. The van der Waals surface area contributed by atoms with Crippen LogP contribution in [0.4, 0.5) is 10.1 Å². The zero-order valence-corrected chi connectivity index (χ0v) is 12.0. The van der Waals surface area contributed by atoms with E-state index in [1.54, 1.807) is 13.0 Å². The lowest BCUT2D eigenvalue weighted by Crippen LogP contribution is -2.08. The molecule has 0 radical (unpaired) electrons. The van der Waals surface area contributed by atoms with E-state index in [0.717, 1.165) is 6.07 Å². The first-order chi connectivity index (χ1) is 10.0. The van der Waals surface area contributed by atoms with Gasteiger partial charge in [0.1, 0.15) is 17.3 Å². The molecule has 0 bridgehead atoms. The highest BCUT2D eigenvalue weighted by Gasteiger charge is 2.13. The maximum absolute atomic E-state index is 13.0. The largest absolute Gasteiger partial charge is 0.462 e. The molecule has 2 N–H and O–H groups in total. The highest BCUT2D eigenvalue weighted by atomic mass is 35.5. The molecule has 0 heterocycles. The van der Waals surface area contributed by atoms with Crippen molar-refractivity contribution < 1.29 is 18.7 Å². The Morgan fingerprint density at radius 1 is 1.29 bits per heavy atom. The SMILES string of the molecule is CCOC(=O)c1cc(Oc2ccc(F)cc2Cl)ccc1N. The van der Waals surface area contributed by atoms with Crippen LogP contribution in [0, 0.1) is 5.82 Å². The third-order valence-corrected chi connectivity index (χ3v) is 2.94. The van der Waals surface area contributed by atoms with E-state index >= 15 is 0 Å². The van der Waals surface area contributed by atoms with Gasteiger partial charge in [-0.25, -0.2) is 9.18 Å². The Bertz CT molecular complexity index is 676. The molecule has 0 aliphatic rings. The summed E-state index contributed by atoms with van der Waals surface area (Å²) >= 11 is 5.88. The van der Waals surface area contributed by atoms with Gasteiger partial charge in [-0.05, 0) is 43.3 Å². The van der Waals surface area contributed by atoms with E-state index < -0.39 is 11.8 Å². The Labute approximate surface area is 126 Å². The predicted octanol–water partition coefficient (Wildman–Crippen LogP) is 4.03. The minimum absolute atomic E-state index is 0.129. The van der Waals surface area contributed by atoms with Gasteiger partial charge in [0, 0.05) is 5.69 Å². The number of hydrogen-bond acceptors (Lipinski definition) is 4. The number of esters is 1. The van der Waals surface area contributed by atoms with Gasteiger partial charge in [0.25, 0.3) is 0 Å². The number of hydrogen-bond donors (Lipinski definition) is 1. The number of carbonyl (C=O) groups excluding carboxylic acids is 1. The standard InChI is InChI=1S/C15H13ClFNO3/c1-2-20-15(19)11-8-10(4-5-13(11)18)21-14-6-3-9(17)7-12(14)16/h3-8H,2,18H2,1H3. The maximum Gasteiger partial charge on any atom is 0.340 e. The van der Waals surface area contributed by atoms with Crippen molar-refractivity contribution in [2.45, 2.75) is 6.92 Å². The maximum atomic E-state index is 13.0. The monoisotopic (exact) mass is 309 g/mol. The molecular formula is C15H13ClFNO3. The number of anilines is 1. The predicted molar refractivity (Wildman–Crippen MR) is 78.3 cm³/mol. The van der Waals surface area contributed by atoms with Crippen molar-refractivity contribution in [3.05, 3.63) is 52.8 Å². The summed E-state index contributed by atoms with van der Waals surface area (Å²) in [4.78, 5) is 11.7. The number of nitrogens with two attached hydrogens (primary N) is 1. The zero-order chi connectivity index (χ0) is 15.4. The average Bonchev–Trinajstić information content (AvgIpc) is 2.44. The first kappa shape index (κ1) is 15.1. The van der Waals surface area contributed by atoms with E-state index in [1.807, 2.05) is 0 Å². The Morgan fingerprint density at radius 3 is 2.71 bits per heavy atom. The van der Waals surface area contributed by atoms with Gasteiger partial charge in [0.15, 0.2) is 0 Å². The molecule has 0 aliphatic carbocycles. The summed E-state index contributed by atoms with van der Waals surface area (Å²) in [5, 5.41) is 0.129. The molecule has 0 spiro atoms. The van der Waals surface area contributed by atoms with E-state index in [4.69, 9.17) is 26.8 Å². The molecule has 6 heteroatoms. The van der Waals surface area contributed by atoms with Crippen LogP contribution in [0.2, 0.25) is 5.02 Å². The molecule has 0 aliphatic heterocycles. The summed E-state index contributed by atoms with van der Waals surface area (Å²) < 4.78 is 23.4. The van der Waals surface area contributed by atoms with Gasteiger partial charge in [-0.2, -0.15) is 0 Å². The number of ether oxygens (including phenoxy) is 2. The Morgan fingerprint density at radius 2 is 2.05 bits per heavy atom. The Balaban J connectivity index is 2.28. The van der Waals surface area contributed by atoms with Crippen LogP contribution in [0.1, 0.15) is 17.3 Å². The van der Waals surface area contributed by atoms with Crippen LogP contribution in [0.25, 0.3) is 0 Å². The number of halogens is 2. The summed E-state index contributed by atoms with van der Waals surface area (Å²) in [6, 6.07) is 8.33. The highest BCUT2D eigenvalue weighted by Crippen LogP contribution is 2.31. The Kier molecular flexibility index (Phi) is 4.65. The van der Waals surface area contributed by atoms with E-state index in [2.05, 4.69) is 0 Å². The topological polar surface area (TPSA) is 61.5 Å². The van der Waals surface area contributed by atoms with Gasteiger partial charge in [-0.3, -0.25) is 0 Å². The molecule has 2 aromatic rings. The van der Waals surface area contributed by atoms with Crippen LogP contribution >= 0.6 is 11.6 Å². The van der Waals surface area contributed by atoms with Crippen LogP contribution in [-0.4, -0.2) is 12.6 Å². The summed E-state index contributed by atoms with van der Waals surface area (Å²) in [6.07, 6.45) is 0. The van der Waals surface area contributed by atoms with Crippen LogP contribution < -0.4 is 10.5 Å². The third kappa shape index (κ3) is 3.64. The van der Waals surface area contributed by atoms with Crippen molar-refractivity contribution in [3.63, 3.8) is 0 Å². The summed E-state index contributed by atoms with van der Waals surface area (Å²) in [7, 11) is 0. The molecule has 21 heavy (non-hydrogen) atoms. The van der Waals surface area contributed by atoms with E-state index in [1.165, 1.54) is 24.3 Å². The summed E-state index contributed by atoms with van der Waals surface area (Å²) in [5.41, 5.74) is 6.22. The summed E-state index contributed by atoms with van der Waals surface area (Å²) in [5.74, 6) is -0.374. The lowest BCUT2D eigenvalue weighted by molar-refractivity contribution is 0.0527. The first-order valence-corrected chi connectivity index (χ1v) is 6.58. The average molecular weight is 310 g/mol. The van der Waals surface area contributed by atoms with Crippen LogP contribution in [0.15, 0.2) is 36.4 Å². The number of carbonyl (C=O) groups is 1. The smallest absolute Gasteiger partial charge is 0.340 e. The molecule has 0 saturated heterocycles. The molecule has 0 fully saturated rings. The molecular weight excluding hydrogens is 297 g/mol. The fourth-order valence-corrected chi connectivity index (χ4v) is 1.88. The lowest BCUT2D eigenvalue weighted by Gasteiger charge is -2.10. The number of rotatable bonds is 4. The fraction of sp³-hybridized carbons (Fsp3) is 0.133. The van der Waals surface area contributed by atoms with Gasteiger partial charge in [-0.1, -0.05) is 11.6 Å². The second-order valence-corrected chi connectivity index (χ2v) is 4.55. The lowest BCUT2D eigenvalue weighted by atomic mass is 10.1. The quantitative estimate of drug-likeness (QED) is 0.684. The van der Waals surface area contributed by atoms with Gasteiger partial charge in [-0.15, -0.1) is 0 Å². The van der Waals surface area contributed by atoms with Crippen molar-refractivity contribution in [3.8, 4) is 11.5 Å². The van der Waals surface area contributed by atoms with Crippen LogP contribution in [0.5, 0.6) is 11.5 Å².